The van der Waals surface area contributed by atoms with Crippen molar-refractivity contribution in [1.82, 2.24) is 5.16 Å². The topological polar surface area (TPSA) is 75.4 Å². The van der Waals surface area contributed by atoms with E-state index >= 15 is 0 Å². The minimum atomic E-state index is -0.910. The van der Waals surface area contributed by atoms with Crippen LogP contribution in [0.5, 0.6) is 0 Å². The van der Waals surface area contributed by atoms with E-state index < -0.39 is 12.0 Å². The fraction of sp³-hybridized carbons (Fsp3) is 0.385. The molecular weight excluding hydrogens is 268 g/mol. The lowest BCUT2D eigenvalue weighted by atomic mass is 10.0. The summed E-state index contributed by atoms with van der Waals surface area (Å²) < 4.78 is 5.13. The standard InChI is InChI=1S/C13H15ClN2O3/c1-7(2)5-10(13(17)18)15-12-9-6-8(14)3-4-11(9)19-16-12/h3-4,6-7,10H,5H2,1-2H3,(H,15,16)(H,17,18). The number of halogens is 1. The van der Waals surface area contributed by atoms with Gasteiger partial charge in [0.15, 0.2) is 11.4 Å². The van der Waals surface area contributed by atoms with Gasteiger partial charge in [0.2, 0.25) is 0 Å². The average molecular weight is 283 g/mol. The quantitative estimate of drug-likeness (QED) is 0.879. The zero-order valence-corrected chi connectivity index (χ0v) is 11.4. The molecule has 5 nitrogen and oxygen atoms in total. The van der Waals surface area contributed by atoms with E-state index in [1.54, 1.807) is 18.2 Å². The Balaban J connectivity index is 2.28. The van der Waals surface area contributed by atoms with Gasteiger partial charge in [0.1, 0.15) is 6.04 Å². The van der Waals surface area contributed by atoms with E-state index in [1.165, 1.54) is 0 Å². The van der Waals surface area contributed by atoms with E-state index in [1.807, 2.05) is 13.8 Å². The van der Waals surface area contributed by atoms with Crippen LogP contribution in [0.25, 0.3) is 11.0 Å². The van der Waals surface area contributed by atoms with Gasteiger partial charge in [0.25, 0.3) is 0 Å². The lowest BCUT2D eigenvalue weighted by Crippen LogP contribution is -2.30. The van der Waals surface area contributed by atoms with Crippen LogP contribution < -0.4 is 5.32 Å². The Bertz CT molecular complexity index is 595. The average Bonchev–Trinajstić information content (AvgIpc) is 2.70. The van der Waals surface area contributed by atoms with Crippen molar-refractivity contribution in [2.45, 2.75) is 26.3 Å². The van der Waals surface area contributed by atoms with E-state index in [0.717, 1.165) is 0 Å². The summed E-state index contributed by atoms with van der Waals surface area (Å²) in [7, 11) is 0. The van der Waals surface area contributed by atoms with Crippen molar-refractivity contribution in [3.63, 3.8) is 0 Å². The van der Waals surface area contributed by atoms with Crippen molar-refractivity contribution in [1.29, 1.82) is 0 Å². The van der Waals surface area contributed by atoms with Crippen LogP contribution in [0.15, 0.2) is 22.7 Å². The first kappa shape index (κ1) is 13.7. The molecule has 0 saturated carbocycles. The molecule has 1 aromatic carbocycles. The molecule has 0 saturated heterocycles. The normalized spacial score (nSPS) is 12.8. The number of nitrogens with zero attached hydrogens (tertiary/aromatic N) is 1. The third kappa shape index (κ3) is 3.17. The molecule has 1 unspecified atom stereocenters. The van der Waals surface area contributed by atoms with Gasteiger partial charge in [-0.2, -0.15) is 0 Å². The van der Waals surface area contributed by atoms with Crippen molar-refractivity contribution < 1.29 is 14.4 Å². The summed E-state index contributed by atoms with van der Waals surface area (Å²) in [6.07, 6.45) is 0.504. The summed E-state index contributed by atoms with van der Waals surface area (Å²) in [4.78, 5) is 11.2. The Hall–Kier alpha value is -1.75. The van der Waals surface area contributed by atoms with Crippen LogP contribution in [-0.2, 0) is 4.79 Å². The summed E-state index contributed by atoms with van der Waals surface area (Å²) >= 11 is 5.92. The molecule has 0 aliphatic heterocycles. The molecule has 0 radical (unpaired) electrons. The van der Waals surface area contributed by atoms with E-state index in [4.69, 9.17) is 16.1 Å². The monoisotopic (exact) mass is 282 g/mol. The second kappa shape index (κ2) is 5.48. The Morgan fingerprint density at radius 3 is 2.89 bits per heavy atom. The minimum absolute atomic E-state index is 0.260. The smallest absolute Gasteiger partial charge is 0.326 e. The maximum atomic E-state index is 11.2. The lowest BCUT2D eigenvalue weighted by Gasteiger charge is -2.15. The van der Waals surface area contributed by atoms with Crippen LogP contribution >= 0.6 is 11.6 Å². The molecular formula is C13H15ClN2O3. The van der Waals surface area contributed by atoms with Crippen LogP contribution in [-0.4, -0.2) is 22.3 Å². The van der Waals surface area contributed by atoms with Crippen LogP contribution in [0.2, 0.25) is 5.02 Å². The molecule has 2 N–H and O–H groups in total. The molecule has 102 valence electrons. The third-order valence-electron chi connectivity index (χ3n) is 2.75. The molecule has 0 aliphatic rings. The van der Waals surface area contributed by atoms with Crippen molar-refractivity contribution in [3.05, 3.63) is 23.2 Å². The van der Waals surface area contributed by atoms with E-state index in [9.17, 15) is 9.90 Å². The SMILES string of the molecule is CC(C)CC(Nc1noc2ccc(Cl)cc12)C(=O)O. The van der Waals surface area contributed by atoms with Gasteiger partial charge >= 0.3 is 5.97 Å². The highest BCUT2D eigenvalue weighted by Gasteiger charge is 2.21. The summed E-state index contributed by atoms with van der Waals surface area (Å²) in [5.41, 5.74) is 0.570. The van der Waals surface area contributed by atoms with Crippen LogP contribution in [0, 0.1) is 5.92 Å². The number of aromatic nitrogens is 1. The molecule has 1 heterocycles. The van der Waals surface area contributed by atoms with Gasteiger partial charge < -0.3 is 14.9 Å². The Morgan fingerprint density at radius 1 is 1.53 bits per heavy atom. The van der Waals surface area contributed by atoms with Gasteiger partial charge in [-0.05, 0) is 30.5 Å². The molecule has 0 bridgehead atoms. The van der Waals surface area contributed by atoms with Crippen LogP contribution in [0.1, 0.15) is 20.3 Å². The van der Waals surface area contributed by atoms with E-state index in [0.29, 0.717) is 28.2 Å². The van der Waals surface area contributed by atoms with Crippen molar-refractivity contribution in [2.75, 3.05) is 5.32 Å². The number of rotatable bonds is 5. The zero-order chi connectivity index (χ0) is 14.0. The van der Waals surface area contributed by atoms with Crippen LogP contribution in [0.3, 0.4) is 0 Å². The summed E-state index contributed by atoms with van der Waals surface area (Å²) in [5, 5.41) is 17.2. The van der Waals surface area contributed by atoms with E-state index in [-0.39, 0.29) is 5.92 Å². The van der Waals surface area contributed by atoms with Crippen molar-refractivity contribution in [3.8, 4) is 0 Å². The van der Waals surface area contributed by atoms with Crippen molar-refractivity contribution >= 4 is 34.4 Å². The number of hydrogen-bond acceptors (Lipinski definition) is 4. The van der Waals surface area contributed by atoms with Crippen LogP contribution in [0.4, 0.5) is 5.82 Å². The molecule has 0 spiro atoms. The minimum Gasteiger partial charge on any atom is -0.480 e. The number of carboxylic acid groups (broad SMARTS) is 1. The molecule has 2 aromatic rings. The second-order valence-corrected chi connectivity index (χ2v) is 5.27. The first-order valence-corrected chi connectivity index (χ1v) is 6.39. The zero-order valence-electron chi connectivity index (χ0n) is 10.7. The van der Waals surface area contributed by atoms with Gasteiger partial charge in [0.05, 0.1) is 5.39 Å². The number of anilines is 1. The second-order valence-electron chi connectivity index (χ2n) is 4.84. The molecule has 0 amide bonds. The molecule has 0 fully saturated rings. The maximum absolute atomic E-state index is 11.2. The summed E-state index contributed by atoms with van der Waals surface area (Å²) in [5.74, 6) is -0.243. The fourth-order valence-electron chi connectivity index (χ4n) is 1.87. The number of carboxylic acids is 1. The third-order valence-corrected chi connectivity index (χ3v) is 2.98. The molecule has 6 heteroatoms. The Labute approximate surface area is 115 Å². The highest BCUT2D eigenvalue weighted by molar-refractivity contribution is 6.31. The molecule has 2 rings (SSSR count). The molecule has 19 heavy (non-hydrogen) atoms. The van der Waals surface area contributed by atoms with Gasteiger partial charge in [-0.3, -0.25) is 0 Å². The number of aliphatic carboxylic acids is 1. The maximum Gasteiger partial charge on any atom is 0.326 e. The van der Waals surface area contributed by atoms with Gasteiger partial charge in [0, 0.05) is 5.02 Å². The number of benzene rings is 1. The van der Waals surface area contributed by atoms with Gasteiger partial charge in [-0.15, -0.1) is 0 Å². The largest absolute Gasteiger partial charge is 0.480 e. The van der Waals surface area contributed by atoms with Gasteiger partial charge in [-0.25, -0.2) is 4.79 Å². The Morgan fingerprint density at radius 2 is 2.26 bits per heavy atom. The number of carbonyl (C=O) groups is 1. The number of hydrogen-bond donors (Lipinski definition) is 2. The van der Waals surface area contributed by atoms with Crippen molar-refractivity contribution in [2.24, 2.45) is 5.92 Å². The highest BCUT2D eigenvalue weighted by atomic mass is 35.5. The molecule has 0 aliphatic carbocycles. The molecule has 1 atom stereocenters. The first-order chi connectivity index (χ1) is 8.97. The number of fused-ring (bicyclic) bond motifs is 1. The fourth-order valence-corrected chi connectivity index (χ4v) is 2.04. The summed E-state index contributed by atoms with van der Waals surface area (Å²) in [6, 6.07) is 4.40. The molecule has 1 aromatic heterocycles. The number of nitrogens with one attached hydrogen (secondary N) is 1. The van der Waals surface area contributed by atoms with Gasteiger partial charge in [-0.1, -0.05) is 30.6 Å². The Kier molecular flexibility index (Phi) is 3.95. The summed E-state index contributed by atoms with van der Waals surface area (Å²) in [6.45, 7) is 3.94. The first-order valence-electron chi connectivity index (χ1n) is 6.01. The highest BCUT2D eigenvalue weighted by Crippen LogP contribution is 2.27. The van der Waals surface area contributed by atoms with E-state index in [2.05, 4.69) is 10.5 Å². The lowest BCUT2D eigenvalue weighted by molar-refractivity contribution is -0.138. The predicted molar refractivity (Wildman–Crippen MR) is 73.5 cm³/mol. The predicted octanol–water partition coefficient (Wildman–Crippen LogP) is 3.39.